The van der Waals surface area contributed by atoms with Crippen LogP contribution in [0, 0.1) is 0 Å². The summed E-state index contributed by atoms with van der Waals surface area (Å²) in [5, 5.41) is 136. The molecule has 0 radical (unpaired) electrons. The highest BCUT2D eigenvalue weighted by atomic mass is 16.8. The molecular formula is C24H45N3O19. The lowest BCUT2D eigenvalue weighted by Crippen LogP contribution is -2.83. The van der Waals surface area contributed by atoms with Crippen LogP contribution in [0.4, 0.5) is 0 Å². The van der Waals surface area contributed by atoms with E-state index in [-0.39, 0.29) is 0 Å². The fourth-order valence-corrected chi connectivity index (χ4v) is 6.12. The Bertz CT molecular complexity index is 1000. The van der Waals surface area contributed by atoms with E-state index in [1.807, 2.05) is 0 Å². The second kappa shape index (κ2) is 14.5. The lowest BCUT2D eigenvalue weighted by Gasteiger charge is -2.59. The fraction of sp³-hybridized carbons (Fsp3) is 1.00. The van der Waals surface area contributed by atoms with Crippen molar-refractivity contribution in [3.8, 4) is 0 Å². The lowest BCUT2D eigenvalue weighted by molar-refractivity contribution is -0.457. The van der Waals surface area contributed by atoms with E-state index in [9.17, 15) is 66.4 Å². The molecule has 22 nitrogen and oxygen atoms in total. The van der Waals surface area contributed by atoms with Crippen LogP contribution in [-0.2, 0) is 28.4 Å². The molecule has 4 rings (SSSR count). The topological polar surface area (TPSA) is 396 Å². The van der Waals surface area contributed by atoms with Crippen LogP contribution >= 0.6 is 0 Å². The van der Waals surface area contributed by atoms with Crippen LogP contribution in [0.25, 0.3) is 0 Å². The Morgan fingerprint density at radius 3 is 1.59 bits per heavy atom. The van der Waals surface area contributed by atoms with Crippen LogP contribution < -0.4 is 17.2 Å². The average molecular weight is 680 g/mol. The molecule has 0 aromatic rings. The van der Waals surface area contributed by atoms with Gasteiger partial charge in [-0.3, -0.25) is 0 Å². The van der Waals surface area contributed by atoms with Gasteiger partial charge in [0.1, 0.15) is 73.2 Å². The van der Waals surface area contributed by atoms with Crippen molar-refractivity contribution in [3.05, 3.63) is 0 Å². The highest BCUT2D eigenvalue weighted by Gasteiger charge is 2.71. The first-order valence-electron chi connectivity index (χ1n) is 14.4. The molecule has 19 N–H and O–H groups in total. The number of ether oxygens (including phenoxy) is 6. The van der Waals surface area contributed by atoms with Gasteiger partial charge in [0.05, 0.1) is 44.6 Å². The fourth-order valence-electron chi connectivity index (χ4n) is 6.12. The molecular weight excluding hydrogens is 634 g/mol. The zero-order valence-corrected chi connectivity index (χ0v) is 24.2. The first-order chi connectivity index (χ1) is 21.5. The quantitative estimate of drug-likeness (QED) is 0.107. The van der Waals surface area contributed by atoms with Gasteiger partial charge in [-0.15, -0.1) is 0 Å². The van der Waals surface area contributed by atoms with Gasteiger partial charge >= 0.3 is 0 Å². The summed E-state index contributed by atoms with van der Waals surface area (Å²) in [7, 11) is 0. The Hall–Kier alpha value is -0.880. The van der Waals surface area contributed by atoms with E-state index in [4.69, 9.17) is 45.6 Å². The third kappa shape index (κ3) is 6.20. The van der Waals surface area contributed by atoms with Gasteiger partial charge in [-0.05, 0) is 0 Å². The van der Waals surface area contributed by atoms with E-state index in [1.165, 1.54) is 0 Å². The van der Waals surface area contributed by atoms with Crippen molar-refractivity contribution in [1.82, 2.24) is 0 Å². The highest BCUT2D eigenvalue weighted by molar-refractivity contribution is 5.15. The molecule has 0 aromatic heterocycles. The minimum atomic E-state index is -3.36. The summed E-state index contributed by atoms with van der Waals surface area (Å²) in [6, 6.07) is -4.68. The van der Waals surface area contributed by atoms with Gasteiger partial charge in [-0.1, -0.05) is 0 Å². The maximum absolute atomic E-state index is 11.5. The Balaban J connectivity index is 1.59. The predicted octanol–water partition coefficient (Wildman–Crippen LogP) is -11.1. The number of nitrogens with two attached hydrogens (primary N) is 3. The molecule has 0 saturated carbocycles. The average Bonchev–Trinajstić information content (AvgIpc) is 3.04. The van der Waals surface area contributed by atoms with Crippen molar-refractivity contribution < 1.29 is 94.8 Å². The van der Waals surface area contributed by atoms with Crippen molar-refractivity contribution in [3.63, 3.8) is 0 Å². The standard InChI is InChI=1S/C24H45N3O19/c25-8-12(33)16(6(2-29)41-20(8)39)43-21-9(26)13(34)17(7(3-30)42-21)44-22-10(27)14(35)18(37)23(4-31,46-22)24(40)19(38)15(36)11(32)5(1-28)45-24/h5-22,28-40H,1-4,25-27H2/t5-,6-,7-,8?,9?,10-,11+,12?,13-,14-,15+,16?,17?,18+,19-,20?,21+,22-,23-,24+/m1/s1. The number of aliphatic hydroxyl groups is 13. The van der Waals surface area contributed by atoms with E-state index < -0.39 is 148 Å². The first kappa shape index (κ1) is 37.9. The summed E-state index contributed by atoms with van der Waals surface area (Å²) >= 11 is 0. The first-order valence-corrected chi connectivity index (χ1v) is 14.4. The number of hydrogen-bond donors (Lipinski definition) is 16. The molecule has 0 aromatic carbocycles. The van der Waals surface area contributed by atoms with Crippen LogP contribution in [0.2, 0.25) is 0 Å². The molecule has 4 heterocycles. The number of hydrogen-bond acceptors (Lipinski definition) is 22. The van der Waals surface area contributed by atoms with Gasteiger partial charge in [0.25, 0.3) is 0 Å². The van der Waals surface area contributed by atoms with Crippen molar-refractivity contribution in [1.29, 1.82) is 0 Å². The molecule has 4 fully saturated rings. The molecule has 0 amide bonds. The molecule has 270 valence electrons. The van der Waals surface area contributed by atoms with Crippen molar-refractivity contribution in [2.45, 2.75) is 122 Å². The van der Waals surface area contributed by atoms with Crippen LogP contribution in [0.1, 0.15) is 0 Å². The van der Waals surface area contributed by atoms with E-state index in [1.54, 1.807) is 0 Å². The van der Waals surface area contributed by atoms with Gasteiger partial charge in [0.2, 0.25) is 5.79 Å². The lowest BCUT2D eigenvalue weighted by atomic mass is 9.74. The maximum atomic E-state index is 11.5. The summed E-state index contributed by atoms with van der Waals surface area (Å²) in [6.45, 7) is -4.16. The Labute approximate surface area is 260 Å². The van der Waals surface area contributed by atoms with E-state index in [0.717, 1.165) is 0 Å². The Kier molecular flexibility index (Phi) is 12.0. The smallest absolute Gasteiger partial charge is 0.230 e. The number of aliphatic hydroxyl groups excluding tert-OH is 12. The maximum Gasteiger partial charge on any atom is 0.230 e. The van der Waals surface area contributed by atoms with Crippen LogP contribution in [-0.4, -0.2) is 214 Å². The van der Waals surface area contributed by atoms with E-state index in [0.29, 0.717) is 0 Å². The minimum absolute atomic E-state index is 0.747. The third-order valence-corrected chi connectivity index (χ3v) is 9.05. The minimum Gasteiger partial charge on any atom is -0.394 e. The molecule has 22 heteroatoms. The van der Waals surface area contributed by atoms with Crippen molar-refractivity contribution in [2.75, 3.05) is 26.4 Å². The van der Waals surface area contributed by atoms with Crippen LogP contribution in [0.3, 0.4) is 0 Å². The van der Waals surface area contributed by atoms with Gasteiger partial charge < -0.3 is 112 Å². The molecule has 20 atom stereocenters. The summed E-state index contributed by atoms with van der Waals surface area (Å²) in [5.41, 5.74) is 14.8. The van der Waals surface area contributed by atoms with Gasteiger partial charge in [-0.25, -0.2) is 0 Å². The predicted molar refractivity (Wildman–Crippen MR) is 141 cm³/mol. The van der Waals surface area contributed by atoms with Crippen molar-refractivity contribution >= 4 is 0 Å². The summed E-state index contributed by atoms with van der Waals surface area (Å²) in [6.07, 6.45) is -27.9. The van der Waals surface area contributed by atoms with Gasteiger partial charge in [0, 0.05) is 0 Å². The molecule has 0 aliphatic carbocycles. The Morgan fingerprint density at radius 1 is 0.543 bits per heavy atom. The molecule has 46 heavy (non-hydrogen) atoms. The molecule has 4 saturated heterocycles. The molecule has 0 spiro atoms. The van der Waals surface area contributed by atoms with Crippen LogP contribution in [0.5, 0.6) is 0 Å². The molecule has 4 aliphatic heterocycles. The SMILES string of the molecule is NC1C(O)O[C@H](CO)C(O[C@@H]2O[C@H](CO)C(O[C@@H]3O[C@@](CO)([C@@]4(O)O[C@H](CO)[C@H](O)[C@H](O)[C@H]4O)[C@@H](O)[C@H](O)[C@H]3N)[C@H](O)C2N)C1O. The van der Waals surface area contributed by atoms with Crippen LogP contribution in [0.15, 0.2) is 0 Å². The van der Waals surface area contributed by atoms with Gasteiger partial charge in [0.15, 0.2) is 24.5 Å². The summed E-state index contributed by atoms with van der Waals surface area (Å²) < 4.78 is 33.1. The van der Waals surface area contributed by atoms with Crippen molar-refractivity contribution in [2.24, 2.45) is 17.2 Å². The summed E-state index contributed by atoms with van der Waals surface area (Å²) in [4.78, 5) is 0. The van der Waals surface area contributed by atoms with E-state index in [2.05, 4.69) is 0 Å². The molecule has 4 aliphatic rings. The van der Waals surface area contributed by atoms with E-state index >= 15 is 0 Å². The molecule has 0 bridgehead atoms. The zero-order chi connectivity index (χ0) is 34.5. The monoisotopic (exact) mass is 679 g/mol. The molecule has 6 unspecified atom stereocenters. The summed E-state index contributed by atoms with van der Waals surface area (Å²) in [5.74, 6) is -3.36. The highest BCUT2D eigenvalue weighted by Crippen LogP contribution is 2.45. The second-order valence-electron chi connectivity index (χ2n) is 11.8. The normalized spacial score (nSPS) is 55.3. The largest absolute Gasteiger partial charge is 0.394 e. The second-order valence-corrected chi connectivity index (χ2v) is 11.8. The third-order valence-electron chi connectivity index (χ3n) is 9.05. The Morgan fingerprint density at radius 2 is 1.04 bits per heavy atom. The zero-order valence-electron chi connectivity index (χ0n) is 24.2. The number of rotatable bonds is 9. The van der Waals surface area contributed by atoms with Gasteiger partial charge in [-0.2, -0.15) is 0 Å².